The molecule has 88 valence electrons. The average Bonchev–Trinajstić information content (AvgIpc) is 2.67. The lowest BCUT2D eigenvalue weighted by atomic mass is 9.98. The molecule has 1 saturated carbocycles. The number of nitrogens with one attached hydrogen (secondary N) is 2. The van der Waals surface area contributed by atoms with E-state index in [1.54, 1.807) is 0 Å². The third-order valence-electron chi connectivity index (χ3n) is 3.37. The van der Waals surface area contributed by atoms with Gasteiger partial charge >= 0.3 is 0 Å². The lowest BCUT2D eigenvalue weighted by molar-refractivity contribution is 0.439. The van der Waals surface area contributed by atoms with Crippen LogP contribution in [0.5, 0.6) is 0 Å². The molecule has 0 aromatic carbocycles. The second-order valence-electron chi connectivity index (χ2n) is 4.44. The van der Waals surface area contributed by atoms with E-state index in [0.29, 0.717) is 16.2 Å². The van der Waals surface area contributed by atoms with E-state index in [2.05, 4.69) is 38.1 Å². The van der Waals surface area contributed by atoms with Gasteiger partial charge in [-0.25, -0.2) is 4.98 Å². The maximum atomic E-state index is 11.3. The first-order chi connectivity index (χ1) is 7.68. The van der Waals surface area contributed by atoms with Gasteiger partial charge < -0.3 is 10.3 Å². The Labute approximate surface area is 103 Å². The zero-order valence-electron chi connectivity index (χ0n) is 9.29. The van der Waals surface area contributed by atoms with Crippen molar-refractivity contribution in [2.75, 3.05) is 11.9 Å². The van der Waals surface area contributed by atoms with Gasteiger partial charge in [0.2, 0.25) is 0 Å². The van der Waals surface area contributed by atoms with Crippen LogP contribution in [-0.2, 0) is 0 Å². The normalized spacial score (nSPS) is 24.6. The predicted molar refractivity (Wildman–Crippen MR) is 67.6 cm³/mol. The van der Waals surface area contributed by atoms with Crippen LogP contribution in [0.3, 0.4) is 0 Å². The maximum absolute atomic E-state index is 11.3. The van der Waals surface area contributed by atoms with Crippen LogP contribution < -0.4 is 10.9 Å². The Hall–Kier alpha value is -0.840. The Morgan fingerprint density at radius 3 is 3.12 bits per heavy atom. The summed E-state index contributed by atoms with van der Waals surface area (Å²) in [5, 5.41) is 3.25. The zero-order chi connectivity index (χ0) is 11.5. The van der Waals surface area contributed by atoms with Gasteiger partial charge in [-0.2, -0.15) is 0 Å². The van der Waals surface area contributed by atoms with E-state index < -0.39 is 0 Å². The van der Waals surface area contributed by atoms with Gasteiger partial charge in [-0.3, -0.25) is 4.79 Å². The minimum atomic E-state index is -0.142. The molecule has 1 fully saturated rings. The summed E-state index contributed by atoms with van der Waals surface area (Å²) >= 11 is 3.24. The molecule has 2 unspecified atom stereocenters. The van der Waals surface area contributed by atoms with E-state index >= 15 is 0 Å². The fraction of sp³-hybridized carbons (Fsp3) is 0.636. The van der Waals surface area contributed by atoms with E-state index in [1.165, 1.54) is 25.6 Å². The summed E-state index contributed by atoms with van der Waals surface area (Å²) in [6.07, 6.45) is 5.33. The Kier molecular flexibility index (Phi) is 3.63. The van der Waals surface area contributed by atoms with E-state index in [-0.39, 0.29) is 5.56 Å². The molecular formula is C11H16BrN3O. The van der Waals surface area contributed by atoms with Gasteiger partial charge in [0.15, 0.2) is 0 Å². The fourth-order valence-corrected chi connectivity index (χ4v) is 2.62. The number of hydrogen-bond acceptors (Lipinski definition) is 3. The molecule has 1 aliphatic rings. The summed E-state index contributed by atoms with van der Waals surface area (Å²) < 4.78 is 0.487. The number of hydrogen-bond donors (Lipinski definition) is 2. The van der Waals surface area contributed by atoms with Crippen LogP contribution in [0.15, 0.2) is 15.6 Å². The van der Waals surface area contributed by atoms with E-state index in [0.717, 1.165) is 12.5 Å². The van der Waals surface area contributed by atoms with Crippen LogP contribution in [0, 0.1) is 11.8 Å². The Bertz CT molecular complexity index is 418. The summed E-state index contributed by atoms with van der Waals surface area (Å²) in [4.78, 5) is 18.0. The molecule has 0 saturated heterocycles. The largest absolute Gasteiger partial charge is 0.369 e. The van der Waals surface area contributed by atoms with Crippen LogP contribution in [-0.4, -0.2) is 16.5 Å². The standard InChI is InChI=1S/C11H16BrN3O/c1-7-3-2-4-8(7)5-13-10-9(12)11(16)15-6-14-10/h6-8H,2-5H2,1H3,(H2,13,14,15,16). The molecule has 0 aliphatic heterocycles. The quantitative estimate of drug-likeness (QED) is 0.897. The smallest absolute Gasteiger partial charge is 0.267 e. The van der Waals surface area contributed by atoms with Gasteiger partial charge in [0, 0.05) is 6.54 Å². The van der Waals surface area contributed by atoms with Crippen molar-refractivity contribution < 1.29 is 0 Å². The minimum Gasteiger partial charge on any atom is -0.369 e. The second-order valence-corrected chi connectivity index (χ2v) is 5.24. The van der Waals surface area contributed by atoms with Crippen molar-refractivity contribution in [1.82, 2.24) is 9.97 Å². The summed E-state index contributed by atoms with van der Waals surface area (Å²) in [7, 11) is 0. The maximum Gasteiger partial charge on any atom is 0.267 e. The van der Waals surface area contributed by atoms with Gasteiger partial charge in [-0.15, -0.1) is 0 Å². The van der Waals surface area contributed by atoms with Crippen LogP contribution in [0.1, 0.15) is 26.2 Å². The van der Waals surface area contributed by atoms with Crippen LogP contribution in [0.2, 0.25) is 0 Å². The van der Waals surface area contributed by atoms with Crippen molar-refractivity contribution in [2.45, 2.75) is 26.2 Å². The van der Waals surface area contributed by atoms with Crippen molar-refractivity contribution in [3.05, 3.63) is 21.2 Å². The van der Waals surface area contributed by atoms with E-state index in [4.69, 9.17) is 0 Å². The third-order valence-corrected chi connectivity index (χ3v) is 4.10. The SMILES string of the molecule is CC1CCCC1CNc1nc[nH]c(=O)c1Br. The van der Waals surface area contributed by atoms with E-state index in [9.17, 15) is 4.79 Å². The Balaban J connectivity index is 1.99. The number of aromatic nitrogens is 2. The zero-order valence-corrected chi connectivity index (χ0v) is 10.9. The van der Waals surface area contributed by atoms with Crippen LogP contribution in [0.25, 0.3) is 0 Å². The minimum absolute atomic E-state index is 0.142. The molecule has 1 heterocycles. The number of H-pyrrole nitrogens is 1. The molecule has 16 heavy (non-hydrogen) atoms. The third kappa shape index (κ3) is 2.45. The molecule has 0 radical (unpaired) electrons. The van der Waals surface area contributed by atoms with Gasteiger partial charge in [-0.1, -0.05) is 19.8 Å². The van der Waals surface area contributed by atoms with Crippen molar-refractivity contribution in [3.8, 4) is 0 Å². The lowest BCUT2D eigenvalue weighted by Gasteiger charge is -2.16. The highest BCUT2D eigenvalue weighted by atomic mass is 79.9. The molecule has 4 nitrogen and oxygen atoms in total. The first-order valence-electron chi connectivity index (χ1n) is 5.65. The topological polar surface area (TPSA) is 57.8 Å². The predicted octanol–water partition coefficient (Wildman–Crippen LogP) is 2.38. The summed E-state index contributed by atoms with van der Waals surface area (Å²) in [6.45, 7) is 3.19. The highest BCUT2D eigenvalue weighted by Gasteiger charge is 2.23. The number of rotatable bonds is 3. The molecule has 2 atom stereocenters. The molecule has 1 aliphatic carbocycles. The second kappa shape index (κ2) is 4.99. The van der Waals surface area contributed by atoms with Crippen LogP contribution in [0.4, 0.5) is 5.82 Å². The van der Waals surface area contributed by atoms with Crippen LogP contribution >= 0.6 is 15.9 Å². The van der Waals surface area contributed by atoms with Gasteiger partial charge in [0.25, 0.3) is 5.56 Å². The molecule has 0 amide bonds. The molecule has 0 spiro atoms. The van der Waals surface area contributed by atoms with Crippen molar-refractivity contribution in [3.63, 3.8) is 0 Å². The summed E-state index contributed by atoms with van der Waals surface area (Å²) in [5.74, 6) is 2.11. The van der Waals surface area contributed by atoms with Crippen molar-refractivity contribution in [2.24, 2.45) is 11.8 Å². The molecular weight excluding hydrogens is 270 g/mol. The highest BCUT2D eigenvalue weighted by molar-refractivity contribution is 9.10. The first-order valence-corrected chi connectivity index (χ1v) is 6.45. The molecule has 2 N–H and O–H groups in total. The number of halogens is 1. The first kappa shape index (κ1) is 11.6. The van der Waals surface area contributed by atoms with Gasteiger partial charge in [-0.05, 0) is 34.2 Å². The summed E-state index contributed by atoms with van der Waals surface area (Å²) in [5.41, 5.74) is -0.142. The number of nitrogens with zero attached hydrogens (tertiary/aromatic N) is 1. The summed E-state index contributed by atoms with van der Waals surface area (Å²) in [6, 6.07) is 0. The van der Waals surface area contributed by atoms with Crippen molar-refractivity contribution >= 4 is 21.7 Å². The fourth-order valence-electron chi connectivity index (χ4n) is 2.26. The Morgan fingerprint density at radius 2 is 2.44 bits per heavy atom. The molecule has 5 heteroatoms. The molecule has 0 bridgehead atoms. The average molecular weight is 286 g/mol. The number of anilines is 1. The van der Waals surface area contributed by atoms with E-state index in [1.807, 2.05) is 0 Å². The molecule has 2 rings (SSSR count). The highest BCUT2D eigenvalue weighted by Crippen LogP contribution is 2.31. The Morgan fingerprint density at radius 1 is 1.62 bits per heavy atom. The number of aromatic amines is 1. The monoisotopic (exact) mass is 285 g/mol. The van der Waals surface area contributed by atoms with Crippen molar-refractivity contribution in [1.29, 1.82) is 0 Å². The lowest BCUT2D eigenvalue weighted by Crippen LogP contribution is -2.19. The molecule has 1 aromatic heterocycles. The molecule has 1 aromatic rings. The van der Waals surface area contributed by atoms with Gasteiger partial charge in [0.05, 0.1) is 6.33 Å². The van der Waals surface area contributed by atoms with Gasteiger partial charge in [0.1, 0.15) is 10.3 Å².